The quantitative estimate of drug-likeness (QED) is 0.702. The fraction of sp³-hybridized carbons (Fsp3) is 0.769. The molecule has 1 aliphatic carbocycles. The number of amides is 1. The van der Waals surface area contributed by atoms with Gasteiger partial charge in [-0.25, -0.2) is 0 Å². The van der Waals surface area contributed by atoms with E-state index in [9.17, 15) is 9.59 Å². The first-order valence-electron chi connectivity index (χ1n) is 6.43. The van der Waals surface area contributed by atoms with Crippen LogP contribution in [0.3, 0.4) is 0 Å². The molecule has 0 aromatic heterocycles. The molecular weight excluding hydrogens is 232 g/mol. The standard InChI is InChI=1S/C13H20N2O3/c1-9-7-10(11(8-9)13(17)18)12(16)15-6-4-2-3-5-14/h9-11H,2-4,6-8H2,1H3,(H,15,16)(H,17,18). The first kappa shape index (κ1) is 14.5. The van der Waals surface area contributed by atoms with Crippen LogP contribution in [0.4, 0.5) is 0 Å². The highest BCUT2D eigenvalue weighted by atomic mass is 16.4. The molecule has 1 amide bonds. The van der Waals surface area contributed by atoms with Gasteiger partial charge in [0.25, 0.3) is 0 Å². The number of carboxylic acid groups (broad SMARTS) is 1. The monoisotopic (exact) mass is 252 g/mol. The Morgan fingerprint density at radius 1 is 1.33 bits per heavy atom. The van der Waals surface area contributed by atoms with Gasteiger partial charge < -0.3 is 10.4 Å². The van der Waals surface area contributed by atoms with Crippen molar-refractivity contribution in [2.24, 2.45) is 17.8 Å². The molecule has 1 rings (SSSR count). The van der Waals surface area contributed by atoms with Crippen molar-refractivity contribution < 1.29 is 14.7 Å². The summed E-state index contributed by atoms with van der Waals surface area (Å²) in [5.41, 5.74) is 0. The zero-order valence-corrected chi connectivity index (χ0v) is 10.7. The van der Waals surface area contributed by atoms with Crippen LogP contribution in [0, 0.1) is 29.1 Å². The third kappa shape index (κ3) is 4.02. The molecule has 3 unspecified atom stereocenters. The van der Waals surface area contributed by atoms with E-state index >= 15 is 0 Å². The van der Waals surface area contributed by atoms with Gasteiger partial charge in [-0.05, 0) is 31.6 Å². The molecule has 18 heavy (non-hydrogen) atoms. The number of hydrogen-bond acceptors (Lipinski definition) is 3. The lowest BCUT2D eigenvalue weighted by Crippen LogP contribution is -2.35. The molecule has 1 saturated carbocycles. The van der Waals surface area contributed by atoms with Gasteiger partial charge in [0.15, 0.2) is 0 Å². The van der Waals surface area contributed by atoms with Gasteiger partial charge in [-0.2, -0.15) is 5.26 Å². The van der Waals surface area contributed by atoms with Gasteiger partial charge in [-0.3, -0.25) is 9.59 Å². The fourth-order valence-corrected chi connectivity index (χ4v) is 2.53. The third-order valence-corrected chi connectivity index (χ3v) is 3.47. The smallest absolute Gasteiger partial charge is 0.307 e. The molecule has 2 N–H and O–H groups in total. The maximum absolute atomic E-state index is 11.9. The molecule has 1 aliphatic rings. The van der Waals surface area contributed by atoms with Crippen LogP contribution < -0.4 is 5.32 Å². The summed E-state index contributed by atoms with van der Waals surface area (Å²) in [4.78, 5) is 23.0. The molecule has 0 spiro atoms. The van der Waals surface area contributed by atoms with E-state index in [2.05, 4.69) is 5.32 Å². The lowest BCUT2D eigenvalue weighted by molar-refractivity contribution is -0.146. The number of hydrogen-bond donors (Lipinski definition) is 2. The van der Waals surface area contributed by atoms with Crippen molar-refractivity contribution in [1.29, 1.82) is 5.26 Å². The van der Waals surface area contributed by atoms with Crippen molar-refractivity contribution >= 4 is 11.9 Å². The van der Waals surface area contributed by atoms with Crippen LogP contribution in [-0.2, 0) is 9.59 Å². The molecule has 3 atom stereocenters. The van der Waals surface area contributed by atoms with Crippen molar-refractivity contribution in [1.82, 2.24) is 5.32 Å². The lowest BCUT2D eigenvalue weighted by Gasteiger charge is -2.15. The molecule has 0 bridgehead atoms. The minimum absolute atomic E-state index is 0.149. The second kappa shape index (κ2) is 7.00. The summed E-state index contributed by atoms with van der Waals surface area (Å²) in [5, 5.41) is 20.2. The van der Waals surface area contributed by atoms with E-state index in [4.69, 9.17) is 10.4 Å². The topological polar surface area (TPSA) is 90.2 Å². The van der Waals surface area contributed by atoms with Crippen molar-refractivity contribution in [2.75, 3.05) is 6.54 Å². The van der Waals surface area contributed by atoms with Gasteiger partial charge in [0, 0.05) is 13.0 Å². The SMILES string of the molecule is CC1CC(C(=O)O)C(C(=O)NCCCCC#N)C1. The van der Waals surface area contributed by atoms with Crippen LogP contribution in [0.2, 0.25) is 0 Å². The fourth-order valence-electron chi connectivity index (χ4n) is 2.53. The Morgan fingerprint density at radius 2 is 2.00 bits per heavy atom. The van der Waals surface area contributed by atoms with E-state index < -0.39 is 17.8 Å². The first-order chi connectivity index (χ1) is 8.56. The predicted octanol–water partition coefficient (Wildman–Crippen LogP) is 1.54. The Labute approximate surface area is 107 Å². The number of carbonyl (C=O) groups is 2. The number of unbranched alkanes of at least 4 members (excludes halogenated alkanes) is 2. The maximum atomic E-state index is 11.9. The van der Waals surface area contributed by atoms with Gasteiger partial charge in [-0.15, -0.1) is 0 Å². The molecule has 0 heterocycles. The Hall–Kier alpha value is -1.57. The molecule has 0 radical (unpaired) electrons. The molecule has 1 fully saturated rings. The Morgan fingerprint density at radius 3 is 2.61 bits per heavy atom. The average molecular weight is 252 g/mol. The second-order valence-corrected chi connectivity index (χ2v) is 5.03. The highest BCUT2D eigenvalue weighted by molar-refractivity contribution is 5.85. The van der Waals surface area contributed by atoms with Crippen LogP contribution in [0.15, 0.2) is 0 Å². The minimum Gasteiger partial charge on any atom is -0.481 e. The molecule has 0 aliphatic heterocycles. The highest BCUT2D eigenvalue weighted by Crippen LogP contribution is 2.36. The van der Waals surface area contributed by atoms with Crippen molar-refractivity contribution in [3.8, 4) is 6.07 Å². The zero-order chi connectivity index (χ0) is 13.5. The number of nitriles is 1. The Balaban J connectivity index is 2.36. The van der Waals surface area contributed by atoms with Gasteiger partial charge in [0.1, 0.15) is 0 Å². The molecule has 100 valence electrons. The third-order valence-electron chi connectivity index (χ3n) is 3.47. The Kier molecular flexibility index (Phi) is 5.63. The van der Waals surface area contributed by atoms with Crippen LogP contribution >= 0.6 is 0 Å². The summed E-state index contributed by atoms with van der Waals surface area (Å²) in [6, 6.07) is 2.05. The first-order valence-corrected chi connectivity index (χ1v) is 6.43. The molecule has 0 aromatic rings. The van der Waals surface area contributed by atoms with Gasteiger partial charge >= 0.3 is 5.97 Å². The van der Waals surface area contributed by atoms with Crippen molar-refractivity contribution in [2.45, 2.75) is 39.0 Å². The molecule has 0 aromatic carbocycles. The van der Waals surface area contributed by atoms with E-state index in [1.807, 2.05) is 13.0 Å². The van der Waals surface area contributed by atoms with Crippen LogP contribution in [0.5, 0.6) is 0 Å². The number of aliphatic carboxylic acids is 1. The highest BCUT2D eigenvalue weighted by Gasteiger charge is 2.40. The molecule has 0 saturated heterocycles. The number of carbonyl (C=O) groups excluding carboxylic acids is 1. The van der Waals surface area contributed by atoms with E-state index in [-0.39, 0.29) is 5.91 Å². The van der Waals surface area contributed by atoms with E-state index in [1.165, 1.54) is 0 Å². The van der Waals surface area contributed by atoms with Gasteiger partial charge in [-0.1, -0.05) is 6.92 Å². The number of carboxylic acids is 1. The molecule has 5 nitrogen and oxygen atoms in total. The second-order valence-electron chi connectivity index (χ2n) is 5.03. The van der Waals surface area contributed by atoms with E-state index in [0.717, 1.165) is 12.8 Å². The summed E-state index contributed by atoms with van der Waals surface area (Å²) < 4.78 is 0. The summed E-state index contributed by atoms with van der Waals surface area (Å²) in [6.07, 6.45) is 3.26. The predicted molar refractivity (Wildman–Crippen MR) is 65.5 cm³/mol. The van der Waals surface area contributed by atoms with E-state index in [0.29, 0.717) is 31.7 Å². The van der Waals surface area contributed by atoms with Gasteiger partial charge in [0.05, 0.1) is 17.9 Å². The number of rotatable bonds is 6. The number of nitrogens with zero attached hydrogens (tertiary/aromatic N) is 1. The van der Waals surface area contributed by atoms with Crippen LogP contribution in [0.25, 0.3) is 0 Å². The number of nitrogens with one attached hydrogen (secondary N) is 1. The Bertz CT molecular complexity index is 349. The van der Waals surface area contributed by atoms with Crippen LogP contribution in [-0.4, -0.2) is 23.5 Å². The summed E-state index contributed by atoms with van der Waals surface area (Å²) in [6.45, 7) is 2.51. The van der Waals surface area contributed by atoms with Crippen molar-refractivity contribution in [3.63, 3.8) is 0 Å². The summed E-state index contributed by atoms with van der Waals surface area (Å²) in [7, 11) is 0. The molecule has 5 heteroatoms. The minimum atomic E-state index is -0.871. The summed E-state index contributed by atoms with van der Waals surface area (Å²) in [5.74, 6) is -1.67. The maximum Gasteiger partial charge on any atom is 0.307 e. The van der Waals surface area contributed by atoms with Gasteiger partial charge in [0.2, 0.25) is 5.91 Å². The van der Waals surface area contributed by atoms with Crippen molar-refractivity contribution in [3.05, 3.63) is 0 Å². The molecular formula is C13H20N2O3. The van der Waals surface area contributed by atoms with E-state index in [1.54, 1.807) is 0 Å². The largest absolute Gasteiger partial charge is 0.481 e. The summed E-state index contributed by atoms with van der Waals surface area (Å²) >= 11 is 0. The van der Waals surface area contributed by atoms with Crippen LogP contribution in [0.1, 0.15) is 39.0 Å². The zero-order valence-electron chi connectivity index (χ0n) is 10.7. The lowest BCUT2D eigenvalue weighted by atomic mass is 9.95. The average Bonchev–Trinajstić information content (AvgIpc) is 2.71. The normalized spacial score (nSPS) is 26.6.